The first kappa shape index (κ1) is 12.8. The molecule has 18 heavy (non-hydrogen) atoms. The molecule has 1 aromatic rings. The minimum atomic E-state index is -0.548. The van der Waals surface area contributed by atoms with Gasteiger partial charge in [-0.25, -0.2) is 0 Å². The molecule has 6 nitrogen and oxygen atoms in total. The molecule has 0 saturated carbocycles. The highest BCUT2D eigenvalue weighted by Crippen LogP contribution is 2.28. The minimum absolute atomic E-state index is 0.131. The first-order valence-electron chi connectivity index (χ1n) is 5.56. The molecule has 1 amide bonds. The fraction of sp³-hybridized carbons (Fsp3) is 0.364. The third-order valence-electron chi connectivity index (χ3n) is 2.79. The van der Waals surface area contributed by atoms with Crippen molar-refractivity contribution in [2.24, 2.45) is 0 Å². The molecule has 1 atom stereocenters. The Bertz CT molecular complexity index is 486. The van der Waals surface area contributed by atoms with Crippen LogP contribution in [0.2, 0.25) is 5.02 Å². The van der Waals surface area contributed by atoms with Crippen molar-refractivity contribution in [1.82, 2.24) is 5.32 Å². The number of amides is 1. The van der Waals surface area contributed by atoms with Crippen molar-refractivity contribution >= 4 is 28.9 Å². The maximum atomic E-state index is 11.9. The van der Waals surface area contributed by atoms with E-state index < -0.39 is 4.92 Å². The summed E-state index contributed by atoms with van der Waals surface area (Å²) < 4.78 is 0. The third-order valence-corrected chi connectivity index (χ3v) is 3.03. The van der Waals surface area contributed by atoms with Gasteiger partial charge in [0.2, 0.25) is 5.91 Å². The second-order valence-corrected chi connectivity index (χ2v) is 4.49. The summed E-state index contributed by atoms with van der Waals surface area (Å²) in [6.07, 6.45) is 1.66. The van der Waals surface area contributed by atoms with Gasteiger partial charge in [0.1, 0.15) is 5.69 Å². The van der Waals surface area contributed by atoms with Crippen LogP contribution in [0.3, 0.4) is 0 Å². The lowest BCUT2D eigenvalue weighted by Gasteiger charge is -2.11. The molecular formula is C11H12ClN3O3. The Morgan fingerprint density at radius 3 is 2.94 bits per heavy atom. The van der Waals surface area contributed by atoms with Crippen LogP contribution >= 0.6 is 11.6 Å². The summed E-state index contributed by atoms with van der Waals surface area (Å²) in [5.74, 6) is -0.266. The highest BCUT2D eigenvalue weighted by atomic mass is 35.5. The van der Waals surface area contributed by atoms with Gasteiger partial charge in [-0.2, -0.15) is 0 Å². The molecule has 1 aliphatic heterocycles. The van der Waals surface area contributed by atoms with Crippen LogP contribution in [0.4, 0.5) is 11.4 Å². The van der Waals surface area contributed by atoms with Crippen molar-refractivity contribution in [2.45, 2.75) is 18.9 Å². The van der Waals surface area contributed by atoms with Crippen LogP contribution in [0.25, 0.3) is 0 Å². The molecule has 2 N–H and O–H groups in total. The molecule has 96 valence electrons. The van der Waals surface area contributed by atoms with Gasteiger partial charge in [0, 0.05) is 11.1 Å². The maximum Gasteiger partial charge on any atom is 0.292 e. The fourth-order valence-corrected chi connectivity index (χ4v) is 2.07. The molecule has 2 rings (SSSR count). The third kappa shape index (κ3) is 2.77. The number of halogens is 1. The largest absolute Gasteiger partial charge is 0.319 e. The number of hydrogen-bond donors (Lipinski definition) is 2. The van der Waals surface area contributed by atoms with Crippen LogP contribution in [0, 0.1) is 10.1 Å². The molecule has 0 radical (unpaired) electrons. The van der Waals surface area contributed by atoms with Gasteiger partial charge >= 0.3 is 0 Å². The van der Waals surface area contributed by atoms with E-state index in [0.717, 1.165) is 19.4 Å². The van der Waals surface area contributed by atoms with Crippen molar-refractivity contribution in [3.8, 4) is 0 Å². The van der Waals surface area contributed by atoms with Crippen LogP contribution in [0.15, 0.2) is 18.2 Å². The molecule has 0 bridgehead atoms. The van der Waals surface area contributed by atoms with Crippen molar-refractivity contribution < 1.29 is 9.72 Å². The van der Waals surface area contributed by atoms with Crippen LogP contribution in [0.1, 0.15) is 12.8 Å². The molecule has 1 heterocycles. The topological polar surface area (TPSA) is 84.3 Å². The first-order valence-corrected chi connectivity index (χ1v) is 5.94. The van der Waals surface area contributed by atoms with E-state index >= 15 is 0 Å². The molecule has 0 aliphatic carbocycles. The second-order valence-electron chi connectivity index (χ2n) is 4.06. The molecule has 1 aliphatic rings. The minimum Gasteiger partial charge on any atom is -0.319 e. The van der Waals surface area contributed by atoms with Crippen molar-refractivity contribution in [1.29, 1.82) is 0 Å². The average molecular weight is 270 g/mol. The monoisotopic (exact) mass is 269 g/mol. The summed E-state index contributed by atoms with van der Waals surface area (Å²) >= 11 is 5.78. The van der Waals surface area contributed by atoms with Gasteiger partial charge in [-0.05, 0) is 31.5 Å². The zero-order chi connectivity index (χ0) is 13.1. The predicted molar refractivity (Wildman–Crippen MR) is 67.8 cm³/mol. The van der Waals surface area contributed by atoms with E-state index in [2.05, 4.69) is 10.6 Å². The Labute approximate surface area is 108 Å². The standard InChI is InChI=1S/C11H12ClN3O3/c12-7-3-4-10(15(17)18)9(6-7)14-11(16)8-2-1-5-13-8/h3-4,6,8,13H,1-2,5H2,(H,14,16)/t8-/m0/s1. The Morgan fingerprint density at radius 1 is 1.56 bits per heavy atom. The molecule has 1 aromatic carbocycles. The summed E-state index contributed by atoms with van der Waals surface area (Å²) in [5.41, 5.74) is -0.0306. The van der Waals surface area contributed by atoms with Crippen molar-refractivity contribution in [3.05, 3.63) is 33.3 Å². The van der Waals surface area contributed by atoms with E-state index in [4.69, 9.17) is 11.6 Å². The van der Waals surface area contributed by atoms with Crippen molar-refractivity contribution in [3.63, 3.8) is 0 Å². The summed E-state index contributed by atoms with van der Waals surface area (Å²) in [5, 5.41) is 16.7. The summed E-state index contributed by atoms with van der Waals surface area (Å²) in [6, 6.07) is 3.79. The van der Waals surface area contributed by atoms with E-state index in [0.29, 0.717) is 5.02 Å². The number of nitro groups is 1. The Balaban J connectivity index is 2.19. The van der Waals surface area contributed by atoms with E-state index in [-0.39, 0.29) is 23.3 Å². The quantitative estimate of drug-likeness (QED) is 0.649. The number of benzene rings is 1. The molecule has 7 heteroatoms. The second kappa shape index (κ2) is 5.32. The number of nitrogens with zero attached hydrogens (tertiary/aromatic N) is 1. The molecule has 1 fully saturated rings. The summed E-state index contributed by atoms with van der Waals surface area (Å²) in [4.78, 5) is 22.1. The van der Waals surface area contributed by atoms with Gasteiger partial charge in [0.05, 0.1) is 11.0 Å². The Hall–Kier alpha value is -1.66. The van der Waals surface area contributed by atoms with Crippen LogP contribution < -0.4 is 10.6 Å². The maximum absolute atomic E-state index is 11.9. The van der Waals surface area contributed by atoms with Gasteiger partial charge in [-0.1, -0.05) is 11.6 Å². The van der Waals surface area contributed by atoms with Crippen LogP contribution in [0.5, 0.6) is 0 Å². The predicted octanol–water partition coefficient (Wildman–Crippen LogP) is 1.94. The average Bonchev–Trinajstić information content (AvgIpc) is 2.81. The first-order chi connectivity index (χ1) is 8.58. The van der Waals surface area contributed by atoms with E-state index in [1.807, 2.05) is 0 Å². The molecule has 0 unspecified atom stereocenters. The number of nitrogens with one attached hydrogen (secondary N) is 2. The Morgan fingerprint density at radius 2 is 2.33 bits per heavy atom. The van der Waals surface area contributed by atoms with E-state index in [1.165, 1.54) is 18.2 Å². The van der Waals surface area contributed by atoms with E-state index in [9.17, 15) is 14.9 Å². The lowest BCUT2D eigenvalue weighted by molar-refractivity contribution is -0.383. The number of rotatable bonds is 3. The zero-order valence-corrected chi connectivity index (χ0v) is 10.2. The number of carbonyl (C=O) groups is 1. The Kier molecular flexibility index (Phi) is 3.78. The normalized spacial score (nSPS) is 18.6. The number of anilines is 1. The van der Waals surface area contributed by atoms with Gasteiger partial charge in [0.25, 0.3) is 5.69 Å². The zero-order valence-electron chi connectivity index (χ0n) is 9.48. The lowest BCUT2D eigenvalue weighted by atomic mass is 10.2. The highest BCUT2D eigenvalue weighted by molar-refractivity contribution is 6.31. The summed E-state index contributed by atoms with van der Waals surface area (Å²) in [6.45, 7) is 0.787. The lowest BCUT2D eigenvalue weighted by Crippen LogP contribution is -2.35. The summed E-state index contributed by atoms with van der Waals surface area (Å²) in [7, 11) is 0. The molecule has 1 saturated heterocycles. The molecule has 0 spiro atoms. The number of nitro benzene ring substituents is 1. The number of hydrogen-bond acceptors (Lipinski definition) is 4. The smallest absolute Gasteiger partial charge is 0.292 e. The van der Waals surface area contributed by atoms with Crippen molar-refractivity contribution in [2.75, 3.05) is 11.9 Å². The number of carbonyl (C=O) groups excluding carboxylic acids is 1. The van der Waals surface area contributed by atoms with Gasteiger partial charge < -0.3 is 10.6 Å². The van der Waals surface area contributed by atoms with Gasteiger partial charge in [-0.15, -0.1) is 0 Å². The van der Waals surface area contributed by atoms with Crippen LogP contribution in [-0.2, 0) is 4.79 Å². The van der Waals surface area contributed by atoms with Gasteiger partial charge in [-0.3, -0.25) is 14.9 Å². The fourth-order valence-electron chi connectivity index (χ4n) is 1.90. The van der Waals surface area contributed by atoms with Gasteiger partial charge in [0.15, 0.2) is 0 Å². The SMILES string of the molecule is O=C(Nc1cc(Cl)ccc1[N+](=O)[O-])[C@@H]1CCCN1. The van der Waals surface area contributed by atoms with Crippen LogP contribution in [-0.4, -0.2) is 23.4 Å². The molecular weight excluding hydrogens is 258 g/mol. The highest BCUT2D eigenvalue weighted by Gasteiger charge is 2.24. The van der Waals surface area contributed by atoms with E-state index in [1.54, 1.807) is 0 Å². The molecule has 0 aromatic heterocycles.